The Hall–Kier alpha value is -6.48. The molecule has 1 aromatic carbocycles. The number of anilines is 1. The van der Waals surface area contributed by atoms with Crippen LogP contribution in [0.25, 0.3) is 6.08 Å². The van der Waals surface area contributed by atoms with Crippen LogP contribution in [0.4, 0.5) is 11.4 Å². The number of pyridine rings is 1. The summed E-state index contributed by atoms with van der Waals surface area (Å²) in [6.07, 6.45) is 16.9. The zero-order chi connectivity index (χ0) is 45.8. The van der Waals surface area contributed by atoms with Crippen molar-refractivity contribution in [3.05, 3.63) is 107 Å². The first-order chi connectivity index (χ1) is 30.8. The number of aliphatic imine (C=N–C) groups is 1. The van der Waals surface area contributed by atoms with E-state index in [1.807, 2.05) is 43.9 Å². The van der Waals surface area contributed by atoms with E-state index >= 15 is 0 Å². The predicted molar refractivity (Wildman–Crippen MR) is 248 cm³/mol. The highest BCUT2D eigenvalue weighted by Gasteiger charge is 2.31. The van der Waals surface area contributed by atoms with Gasteiger partial charge in [-0.2, -0.15) is 0 Å². The van der Waals surface area contributed by atoms with Crippen molar-refractivity contribution in [1.29, 1.82) is 0 Å². The topological polar surface area (TPSA) is 200 Å². The number of benzene rings is 1. The number of nitrogens with two attached hydrogens (primary N) is 1. The smallest absolute Gasteiger partial charge is 0.255 e. The number of amides is 6. The van der Waals surface area contributed by atoms with Crippen LogP contribution in [0.5, 0.6) is 0 Å². The highest BCUT2D eigenvalue weighted by Crippen LogP contribution is 2.31. The summed E-state index contributed by atoms with van der Waals surface area (Å²) in [7, 11) is 0. The molecule has 0 radical (unpaired) electrons. The maximum atomic E-state index is 13.5. The summed E-state index contributed by atoms with van der Waals surface area (Å²) >= 11 is 0. The van der Waals surface area contributed by atoms with Gasteiger partial charge in [-0.25, -0.2) is 4.99 Å². The second-order valence-electron chi connectivity index (χ2n) is 17.0. The third kappa shape index (κ3) is 12.4. The Bertz CT molecular complexity index is 2280. The first-order valence-corrected chi connectivity index (χ1v) is 22.4. The number of nitrogens with one attached hydrogen (secondary N) is 3. The molecule has 1 fully saturated rings. The van der Waals surface area contributed by atoms with Crippen LogP contribution >= 0.6 is 0 Å². The Morgan fingerprint density at radius 2 is 1.69 bits per heavy atom. The highest BCUT2D eigenvalue weighted by atomic mass is 16.2. The SMILES string of the molecule is C=C/C(=C\C=C(/C)CN1CCc2ncc(NC(=O)c3ccc4c(c3)N=C(N)CC(C(=O)N(CCC)CCC)=C4)cc2C1)C(=O)NCCNC(=O)C1CCC(CN2C(=O)C=CC2=O)CC1. The number of carbonyl (C=O) groups is 6. The second kappa shape index (κ2) is 22.2. The molecule has 6 amide bonds. The number of fused-ring (bicyclic) bond motifs is 2. The molecule has 0 saturated heterocycles. The minimum Gasteiger partial charge on any atom is -0.387 e. The Kier molecular flexibility index (Phi) is 16.3. The lowest BCUT2D eigenvalue weighted by Crippen LogP contribution is -2.40. The summed E-state index contributed by atoms with van der Waals surface area (Å²) in [6, 6.07) is 7.17. The van der Waals surface area contributed by atoms with Crippen molar-refractivity contribution in [3.63, 3.8) is 0 Å². The van der Waals surface area contributed by atoms with Crippen LogP contribution in [-0.2, 0) is 36.9 Å². The first kappa shape index (κ1) is 47.0. The molecular weight excluding hydrogens is 811 g/mol. The number of amidine groups is 1. The summed E-state index contributed by atoms with van der Waals surface area (Å²) in [4.78, 5) is 91.0. The van der Waals surface area contributed by atoms with Crippen molar-refractivity contribution < 1.29 is 28.8 Å². The van der Waals surface area contributed by atoms with E-state index in [1.165, 1.54) is 23.1 Å². The molecule has 0 atom stereocenters. The Morgan fingerprint density at radius 1 is 0.969 bits per heavy atom. The monoisotopic (exact) mass is 871 g/mol. The molecule has 15 heteroatoms. The van der Waals surface area contributed by atoms with Gasteiger partial charge in [-0.3, -0.25) is 43.6 Å². The molecule has 4 aliphatic rings. The molecule has 6 rings (SSSR count). The van der Waals surface area contributed by atoms with Crippen LogP contribution in [0.3, 0.4) is 0 Å². The van der Waals surface area contributed by atoms with Gasteiger partial charge in [-0.1, -0.05) is 44.2 Å². The molecule has 1 aliphatic carbocycles. The van der Waals surface area contributed by atoms with Gasteiger partial charge in [0, 0.05) is 111 Å². The molecule has 4 heterocycles. The van der Waals surface area contributed by atoms with Crippen molar-refractivity contribution in [3.8, 4) is 0 Å². The summed E-state index contributed by atoms with van der Waals surface area (Å²) in [6.45, 7) is 14.3. The third-order valence-electron chi connectivity index (χ3n) is 12.0. The summed E-state index contributed by atoms with van der Waals surface area (Å²) in [5.74, 6) is -0.870. The normalized spacial score (nSPS) is 18.9. The van der Waals surface area contributed by atoms with Crippen molar-refractivity contribution in [2.24, 2.45) is 22.6 Å². The van der Waals surface area contributed by atoms with Crippen LogP contribution in [0, 0.1) is 11.8 Å². The molecule has 5 N–H and O–H groups in total. The van der Waals surface area contributed by atoms with Crippen LogP contribution in [-0.4, -0.2) is 107 Å². The standard InChI is InChI=1S/C49H61N9O6/c1-5-21-57(22-6-2)49(64)38-24-36-14-15-37(26-42(36)55-43(50)27-38)48(63)54-40-25-39-31-56(23-18-41(39)53-28-40)29-32(4)8-11-34(7-3)46(61)51-19-20-52-47(62)35-12-9-33(10-13-35)30-58-44(59)16-17-45(58)60/h7-8,11,14-17,24-26,28,33,35H,3,5-6,9-10,12-13,18-23,27,29-31H2,1-2,4H3,(H2,50,55)(H,51,61)(H,52,62)(H,54,63)/b32-8+,34-11+. The second-order valence-corrected chi connectivity index (χ2v) is 17.0. The summed E-state index contributed by atoms with van der Waals surface area (Å²) < 4.78 is 0. The third-order valence-corrected chi connectivity index (χ3v) is 12.0. The molecule has 1 saturated carbocycles. The van der Waals surface area contributed by atoms with Crippen molar-refractivity contribution in [1.82, 2.24) is 30.3 Å². The highest BCUT2D eigenvalue weighted by molar-refractivity contribution is 6.13. The van der Waals surface area contributed by atoms with Crippen LogP contribution in [0.2, 0.25) is 0 Å². The minimum absolute atomic E-state index is 0.0438. The number of carbonyl (C=O) groups excluding carboxylic acids is 6. The largest absolute Gasteiger partial charge is 0.387 e. The lowest BCUT2D eigenvalue weighted by atomic mass is 9.81. The van der Waals surface area contributed by atoms with E-state index < -0.39 is 0 Å². The molecule has 0 spiro atoms. The van der Waals surface area contributed by atoms with Crippen LogP contribution in [0.1, 0.15) is 92.9 Å². The lowest BCUT2D eigenvalue weighted by Gasteiger charge is -2.30. The molecule has 64 heavy (non-hydrogen) atoms. The van der Waals surface area contributed by atoms with E-state index in [9.17, 15) is 28.8 Å². The van der Waals surface area contributed by atoms with Crippen LogP contribution < -0.4 is 21.7 Å². The molecule has 15 nitrogen and oxygen atoms in total. The summed E-state index contributed by atoms with van der Waals surface area (Å²) in [5.41, 5.74) is 12.5. The van der Waals surface area contributed by atoms with Gasteiger partial charge in [0.25, 0.3) is 23.6 Å². The lowest BCUT2D eigenvalue weighted by molar-refractivity contribution is -0.138. The Labute approximate surface area is 375 Å². The maximum Gasteiger partial charge on any atom is 0.255 e. The maximum absolute atomic E-state index is 13.5. The quantitative estimate of drug-likeness (QED) is 0.0678. The summed E-state index contributed by atoms with van der Waals surface area (Å²) in [5, 5.41) is 8.77. The van der Waals surface area contributed by atoms with E-state index in [2.05, 4.69) is 37.4 Å². The van der Waals surface area contributed by atoms with Crippen molar-refractivity contribution in [2.75, 3.05) is 51.1 Å². The molecule has 0 unspecified atom stereocenters. The Balaban J connectivity index is 0.958. The van der Waals surface area contributed by atoms with E-state index in [-0.39, 0.29) is 60.2 Å². The molecular formula is C49H61N9O6. The van der Waals surface area contributed by atoms with Gasteiger partial charge in [0.2, 0.25) is 11.8 Å². The van der Waals surface area contributed by atoms with E-state index in [4.69, 9.17) is 5.73 Å². The van der Waals surface area contributed by atoms with Gasteiger partial charge in [-0.05, 0) is 87.3 Å². The average Bonchev–Trinajstić information content (AvgIpc) is 3.49. The van der Waals surface area contributed by atoms with Gasteiger partial charge < -0.3 is 26.6 Å². The number of hydrogen-bond donors (Lipinski definition) is 4. The Morgan fingerprint density at radius 3 is 2.39 bits per heavy atom. The molecule has 3 aliphatic heterocycles. The fourth-order valence-electron chi connectivity index (χ4n) is 8.58. The molecule has 2 aromatic rings. The first-order valence-electron chi connectivity index (χ1n) is 22.4. The number of aromatic nitrogens is 1. The van der Waals surface area contributed by atoms with Gasteiger partial charge in [0.1, 0.15) is 5.84 Å². The number of rotatable bonds is 18. The van der Waals surface area contributed by atoms with E-state index in [0.29, 0.717) is 86.0 Å². The minimum atomic E-state index is -0.314. The van der Waals surface area contributed by atoms with Gasteiger partial charge in [0.05, 0.1) is 17.6 Å². The zero-order valence-electron chi connectivity index (χ0n) is 37.3. The van der Waals surface area contributed by atoms with Crippen LogP contribution in [0.15, 0.2) is 89.1 Å². The zero-order valence-corrected chi connectivity index (χ0v) is 37.3. The van der Waals surface area contributed by atoms with E-state index in [1.54, 1.807) is 30.5 Å². The average molecular weight is 872 g/mol. The van der Waals surface area contributed by atoms with Gasteiger partial charge in [-0.15, -0.1) is 0 Å². The molecule has 0 bridgehead atoms. The number of nitrogens with zero attached hydrogens (tertiary/aromatic N) is 5. The number of allylic oxidation sites excluding steroid dienone is 2. The fourth-order valence-corrected chi connectivity index (χ4v) is 8.58. The fraction of sp³-hybridized carbons (Fsp3) is 0.429. The van der Waals surface area contributed by atoms with Crippen molar-refractivity contribution in [2.45, 2.75) is 78.7 Å². The number of imide groups is 1. The van der Waals surface area contributed by atoms with Crippen molar-refractivity contribution >= 4 is 58.7 Å². The van der Waals surface area contributed by atoms with E-state index in [0.717, 1.165) is 61.0 Å². The molecule has 338 valence electrons. The number of hydrogen-bond acceptors (Lipinski definition) is 10. The van der Waals surface area contributed by atoms with Gasteiger partial charge >= 0.3 is 0 Å². The predicted octanol–water partition coefficient (Wildman–Crippen LogP) is 5.14. The van der Waals surface area contributed by atoms with Gasteiger partial charge in [0.15, 0.2) is 0 Å². The molecule has 1 aromatic heterocycles.